The molecule has 9 aliphatic rings. The molecule has 0 fully saturated rings. The Morgan fingerprint density at radius 1 is 0.778 bits per heavy atom. The van der Waals surface area contributed by atoms with Gasteiger partial charge >= 0.3 is 0 Å². The monoisotopic (exact) mass is 705 g/mol. The summed E-state index contributed by atoms with van der Waals surface area (Å²) < 4.78 is 0. The molecular formula is C49H47N5. The number of hydrogen-bond acceptors (Lipinski definition) is 5. The lowest BCUT2D eigenvalue weighted by atomic mass is 9.69. The van der Waals surface area contributed by atoms with E-state index in [1.807, 2.05) is 6.08 Å². The van der Waals surface area contributed by atoms with E-state index in [9.17, 15) is 10.5 Å². The molecule has 0 radical (unpaired) electrons. The molecule has 0 bridgehead atoms. The summed E-state index contributed by atoms with van der Waals surface area (Å²) in [5.74, 6) is 3.21. The van der Waals surface area contributed by atoms with Gasteiger partial charge in [0.25, 0.3) is 0 Å². The number of nitrogens with one attached hydrogen (secondary N) is 1. The number of fused-ring (bicyclic) bond motifs is 4. The second-order valence-electron chi connectivity index (χ2n) is 16.3. The fourth-order valence-electron chi connectivity index (χ4n) is 11.1. The summed E-state index contributed by atoms with van der Waals surface area (Å²) >= 11 is 0. The maximum Gasteiger partial charge on any atom is 0.121 e. The van der Waals surface area contributed by atoms with Crippen LogP contribution in [0.3, 0.4) is 0 Å². The van der Waals surface area contributed by atoms with Crippen LogP contribution in [0.2, 0.25) is 0 Å². The van der Waals surface area contributed by atoms with Crippen molar-refractivity contribution in [3.8, 4) is 12.1 Å². The van der Waals surface area contributed by atoms with Crippen LogP contribution in [0.1, 0.15) is 74.8 Å². The lowest BCUT2D eigenvalue weighted by Crippen LogP contribution is -2.51. The second-order valence-corrected chi connectivity index (χ2v) is 16.3. The molecule has 0 aromatic heterocycles. The predicted molar refractivity (Wildman–Crippen MR) is 215 cm³/mol. The van der Waals surface area contributed by atoms with Gasteiger partial charge < -0.3 is 15.1 Å². The van der Waals surface area contributed by atoms with Crippen molar-refractivity contribution < 1.29 is 0 Å². The average molecular weight is 706 g/mol. The summed E-state index contributed by atoms with van der Waals surface area (Å²) in [6, 6.07) is 14.5. The zero-order chi connectivity index (χ0) is 36.2. The van der Waals surface area contributed by atoms with E-state index >= 15 is 0 Å². The highest BCUT2D eigenvalue weighted by Crippen LogP contribution is 2.50. The van der Waals surface area contributed by atoms with Gasteiger partial charge in [0, 0.05) is 34.4 Å². The third-order valence-electron chi connectivity index (χ3n) is 13.6. The number of dihydropyridines is 1. The van der Waals surface area contributed by atoms with Crippen molar-refractivity contribution in [1.82, 2.24) is 15.1 Å². The molecule has 1 aromatic rings. The predicted octanol–water partition coefficient (Wildman–Crippen LogP) is 10.1. The van der Waals surface area contributed by atoms with Crippen LogP contribution < -0.4 is 5.32 Å². The molecule has 0 amide bonds. The van der Waals surface area contributed by atoms with E-state index in [0.717, 1.165) is 62.5 Å². The highest BCUT2D eigenvalue weighted by molar-refractivity contribution is 5.79. The van der Waals surface area contributed by atoms with Crippen LogP contribution in [0, 0.1) is 46.3 Å². The first kappa shape index (κ1) is 33.1. The Labute approximate surface area is 320 Å². The van der Waals surface area contributed by atoms with Crippen LogP contribution in [-0.4, -0.2) is 28.0 Å². The summed E-state index contributed by atoms with van der Waals surface area (Å²) in [5.41, 5.74) is 11.4. The van der Waals surface area contributed by atoms with Crippen LogP contribution in [0.15, 0.2) is 161 Å². The minimum atomic E-state index is -0.0673. The molecule has 5 heteroatoms. The van der Waals surface area contributed by atoms with E-state index in [4.69, 9.17) is 0 Å². The average Bonchev–Trinajstić information content (AvgIpc) is 3.76. The Morgan fingerprint density at radius 2 is 1.69 bits per heavy atom. The molecule has 3 aliphatic heterocycles. The molecule has 3 heterocycles. The van der Waals surface area contributed by atoms with Gasteiger partial charge in [-0.15, -0.1) is 0 Å². The summed E-state index contributed by atoms with van der Waals surface area (Å²) in [6.45, 7) is 0. The molecule has 8 unspecified atom stereocenters. The van der Waals surface area contributed by atoms with Crippen LogP contribution in [0.4, 0.5) is 0 Å². The van der Waals surface area contributed by atoms with Gasteiger partial charge in [0.2, 0.25) is 0 Å². The summed E-state index contributed by atoms with van der Waals surface area (Å²) in [7, 11) is 0. The molecule has 54 heavy (non-hydrogen) atoms. The Morgan fingerprint density at radius 3 is 2.57 bits per heavy atom. The fraction of sp³-hybridized carbons (Fsp3) is 0.347. The van der Waals surface area contributed by atoms with Gasteiger partial charge in [0.1, 0.15) is 12.0 Å². The van der Waals surface area contributed by atoms with E-state index in [2.05, 4.69) is 143 Å². The van der Waals surface area contributed by atoms with Gasteiger partial charge in [0.05, 0.1) is 24.2 Å². The van der Waals surface area contributed by atoms with E-state index < -0.39 is 0 Å². The van der Waals surface area contributed by atoms with E-state index in [-0.39, 0.29) is 18.1 Å². The first-order chi connectivity index (χ1) is 26.7. The first-order valence-electron chi connectivity index (χ1n) is 20.3. The van der Waals surface area contributed by atoms with Crippen molar-refractivity contribution in [2.24, 2.45) is 23.7 Å². The number of hydrogen-bond donors (Lipinski definition) is 1. The zero-order valence-electron chi connectivity index (χ0n) is 30.8. The number of rotatable bonds is 5. The molecule has 0 saturated heterocycles. The van der Waals surface area contributed by atoms with Crippen molar-refractivity contribution in [3.63, 3.8) is 0 Å². The van der Waals surface area contributed by atoms with Crippen LogP contribution in [0.25, 0.3) is 5.57 Å². The Bertz CT molecular complexity index is 2230. The van der Waals surface area contributed by atoms with E-state index in [0.29, 0.717) is 29.7 Å². The lowest BCUT2D eigenvalue weighted by molar-refractivity contribution is 0.202. The largest absolute Gasteiger partial charge is 0.348 e. The molecule has 5 nitrogen and oxygen atoms in total. The quantitative estimate of drug-likeness (QED) is 0.309. The van der Waals surface area contributed by atoms with Gasteiger partial charge in [-0.3, -0.25) is 0 Å². The lowest BCUT2D eigenvalue weighted by Gasteiger charge is -2.43. The van der Waals surface area contributed by atoms with Crippen molar-refractivity contribution in [2.45, 2.75) is 82.0 Å². The molecule has 1 aromatic carbocycles. The second kappa shape index (κ2) is 13.7. The molecule has 8 atom stereocenters. The minimum Gasteiger partial charge on any atom is -0.348 e. The standard InChI is InChI=1S/C49H47N5/c50-30-32-21-24-34(25-22-32)36-11-1-3-13-38(36)39-14-4-2-12-37(39)35-28-48(53-44-18-8-5-15-40(44)41-16-6-9-19-45(41)53)52-49(29-35)54-46-20-10-7-17-42(46)43-27-33(31-51)23-26-47(43)54/h1-4,7-10,12,14,17-22,24,27-29,34,36,38,40,42,44,46,49,52H,5-6,11,13,15-16,23,25-26H2. The van der Waals surface area contributed by atoms with Crippen LogP contribution >= 0.6 is 0 Å². The maximum absolute atomic E-state index is 9.93. The molecule has 10 rings (SSSR count). The van der Waals surface area contributed by atoms with E-state index in [1.54, 1.807) is 5.57 Å². The fourth-order valence-corrected chi connectivity index (χ4v) is 11.1. The molecule has 6 aliphatic carbocycles. The smallest absolute Gasteiger partial charge is 0.121 e. The normalized spacial score (nSPS) is 33.1. The summed E-state index contributed by atoms with van der Waals surface area (Å²) in [4.78, 5) is 5.29. The Balaban J connectivity index is 1.10. The van der Waals surface area contributed by atoms with Gasteiger partial charge in [0.15, 0.2) is 0 Å². The zero-order valence-corrected chi connectivity index (χ0v) is 30.8. The van der Waals surface area contributed by atoms with Crippen molar-refractivity contribution >= 4 is 5.57 Å². The van der Waals surface area contributed by atoms with Crippen molar-refractivity contribution in [1.29, 1.82) is 10.5 Å². The Kier molecular flexibility index (Phi) is 8.40. The van der Waals surface area contributed by atoms with Gasteiger partial charge in [-0.05, 0) is 134 Å². The number of nitriles is 2. The summed E-state index contributed by atoms with van der Waals surface area (Å²) in [6.07, 6.45) is 46.3. The third kappa shape index (κ3) is 5.48. The molecule has 0 saturated carbocycles. The van der Waals surface area contributed by atoms with Gasteiger partial charge in [-0.25, -0.2) is 0 Å². The van der Waals surface area contributed by atoms with Crippen LogP contribution in [-0.2, 0) is 0 Å². The molecular weight excluding hydrogens is 659 g/mol. The van der Waals surface area contributed by atoms with Crippen LogP contribution in [0.5, 0.6) is 0 Å². The number of allylic oxidation sites excluding steroid dienone is 16. The third-order valence-corrected chi connectivity index (χ3v) is 13.6. The highest BCUT2D eigenvalue weighted by atomic mass is 15.4. The molecule has 268 valence electrons. The minimum absolute atomic E-state index is 0.0673. The van der Waals surface area contributed by atoms with E-state index in [1.165, 1.54) is 45.9 Å². The SMILES string of the molecule is N#CC1=CCC(C2CC=CCC2c2ccccc2C2=CC(N3C4=C(C=C(C#N)CC4)C4C=CC=CC43)NC(N3C4=C(CCC=C4)C4CCC=CC43)=C2)C=C1. The van der Waals surface area contributed by atoms with Gasteiger partial charge in [-0.1, -0.05) is 91.1 Å². The van der Waals surface area contributed by atoms with Crippen molar-refractivity contribution in [3.05, 3.63) is 172 Å². The van der Waals surface area contributed by atoms with Gasteiger partial charge in [-0.2, -0.15) is 10.5 Å². The summed E-state index contributed by atoms with van der Waals surface area (Å²) in [5, 5.41) is 23.6. The van der Waals surface area contributed by atoms with Crippen molar-refractivity contribution in [2.75, 3.05) is 0 Å². The topological polar surface area (TPSA) is 66.1 Å². The maximum atomic E-state index is 9.93. The molecule has 1 N–H and O–H groups in total. The Hall–Kier alpha value is -5.52. The highest BCUT2D eigenvalue weighted by Gasteiger charge is 2.46. The number of nitrogens with zero attached hydrogens (tertiary/aromatic N) is 4. The number of benzene rings is 1. The first-order valence-corrected chi connectivity index (χ1v) is 20.3. The molecule has 0 spiro atoms.